The lowest BCUT2D eigenvalue weighted by Gasteiger charge is -2.11. The molecule has 0 amide bonds. The number of benzene rings is 2. The number of hydrogen-bond acceptors (Lipinski definition) is 4. The summed E-state index contributed by atoms with van der Waals surface area (Å²) >= 11 is 0. The summed E-state index contributed by atoms with van der Waals surface area (Å²) in [4.78, 5) is 14.5. The highest BCUT2D eigenvalue weighted by Crippen LogP contribution is 2.29. The standard InChI is InChI=1S/C16H12FN3O3/c17-13-1-4-15(5-2-13)23-16-6-3-14(20(21)22)9-12(16)10-19-8-7-18-11-19/h1-9,11H,10H2. The highest BCUT2D eigenvalue weighted by atomic mass is 19.1. The molecular weight excluding hydrogens is 301 g/mol. The number of non-ortho nitro benzene ring substituents is 1. The molecule has 0 aliphatic carbocycles. The number of nitrogens with zero attached hydrogens (tertiary/aromatic N) is 3. The van der Waals surface area contributed by atoms with Crippen molar-refractivity contribution < 1.29 is 14.1 Å². The Bertz CT molecular complexity index is 817. The first-order valence-electron chi connectivity index (χ1n) is 6.78. The van der Waals surface area contributed by atoms with Gasteiger partial charge in [0.15, 0.2) is 0 Å². The quantitative estimate of drug-likeness (QED) is 0.531. The second kappa shape index (κ2) is 6.27. The molecule has 1 heterocycles. The molecule has 23 heavy (non-hydrogen) atoms. The minimum Gasteiger partial charge on any atom is -0.457 e. The fourth-order valence-corrected chi connectivity index (χ4v) is 2.11. The van der Waals surface area contributed by atoms with Crippen molar-refractivity contribution in [3.8, 4) is 11.5 Å². The molecule has 0 radical (unpaired) electrons. The number of aromatic nitrogens is 2. The predicted molar refractivity (Wildman–Crippen MR) is 80.9 cm³/mol. The van der Waals surface area contributed by atoms with Crippen molar-refractivity contribution >= 4 is 5.69 Å². The fraction of sp³-hybridized carbons (Fsp3) is 0.0625. The summed E-state index contributed by atoms with van der Waals surface area (Å²) in [6.45, 7) is 0.373. The minimum absolute atomic E-state index is 0.0217. The van der Waals surface area contributed by atoms with Gasteiger partial charge in [-0.2, -0.15) is 0 Å². The van der Waals surface area contributed by atoms with E-state index in [0.29, 0.717) is 23.6 Å². The Kier molecular flexibility index (Phi) is 4.01. The zero-order valence-corrected chi connectivity index (χ0v) is 11.9. The third kappa shape index (κ3) is 3.52. The van der Waals surface area contributed by atoms with E-state index >= 15 is 0 Å². The number of nitro benzene ring substituents is 1. The van der Waals surface area contributed by atoms with Gasteiger partial charge in [0.1, 0.15) is 17.3 Å². The molecule has 0 atom stereocenters. The van der Waals surface area contributed by atoms with Crippen molar-refractivity contribution in [3.63, 3.8) is 0 Å². The van der Waals surface area contributed by atoms with E-state index in [2.05, 4.69) is 4.98 Å². The van der Waals surface area contributed by atoms with Crippen LogP contribution < -0.4 is 4.74 Å². The van der Waals surface area contributed by atoms with E-state index in [0.717, 1.165) is 0 Å². The average Bonchev–Trinajstić information content (AvgIpc) is 3.04. The summed E-state index contributed by atoms with van der Waals surface area (Å²) in [7, 11) is 0. The van der Waals surface area contributed by atoms with Crippen LogP contribution in [-0.2, 0) is 6.54 Å². The highest BCUT2D eigenvalue weighted by molar-refractivity contribution is 5.45. The number of halogens is 1. The third-order valence-electron chi connectivity index (χ3n) is 3.21. The van der Waals surface area contributed by atoms with Crippen LogP contribution in [0.4, 0.5) is 10.1 Å². The average molecular weight is 313 g/mol. The molecule has 0 spiro atoms. The Morgan fingerprint density at radius 1 is 1.22 bits per heavy atom. The first kappa shape index (κ1) is 14.7. The van der Waals surface area contributed by atoms with Crippen molar-refractivity contribution in [2.24, 2.45) is 0 Å². The fourth-order valence-electron chi connectivity index (χ4n) is 2.11. The molecule has 0 fully saturated rings. The Balaban J connectivity index is 1.94. The van der Waals surface area contributed by atoms with Gasteiger partial charge >= 0.3 is 0 Å². The normalized spacial score (nSPS) is 10.5. The second-order valence-electron chi connectivity index (χ2n) is 4.84. The molecule has 3 rings (SSSR count). The van der Waals surface area contributed by atoms with Crippen LogP contribution in [-0.4, -0.2) is 14.5 Å². The minimum atomic E-state index is -0.459. The van der Waals surface area contributed by atoms with E-state index in [9.17, 15) is 14.5 Å². The molecule has 7 heteroatoms. The largest absolute Gasteiger partial charge is 0.457 e. The van der Waals surface area contributed by atoms with Gasteiger partial charge in [-0.15, -0.1) is 0 Å². The summed E-state index contributed by atoms with van der Waals surface area (Å²) in [5.41, 5.74) is 0.605. The maximum atomic E-state index is 13.0. The van der Waals surface area contributed by atoms with E-state index < -0.39 is 4.92 Å². The topological polar surface area (TPSA) is 70.2 Å². The summed E-state index contributed by atoms with van der Waals surface area (Å²) in [5.74, 6) is 0.558. The molecule has 0 saturated heterocycles. The molecule has 0 saturated carbocycles. The molecule has 116 valence electrons. The van der Waals surface area contributed by atoms with Crippen LogP contribution in [0.15, 0.2) is 61.2 Å². The molecule has 6 nitrogen and oxygen atoms in total. The van der Waals surface area contributed by atoms with Crippen molar-refractivity contribution in [1.29, 1.82) is 0 Å². The Labute approximate surface area is 130 Å². The third-order valence-corrected chi connectivity index (χ3v) is 3.21. The number of nitro groups is 1. The smallest absolute Gasteiger partial charge is 0.270 e. The maximum absolute atomic E-state index is 13.0. The van der Waals surface area contributed by atoms with Crippen LogP contribution in [0, 0.1) is 15.9 Å². The van der Waals surface area contributed by atoms with Crippen LogP contribution in [0.25, 0.3) is 0 Å². The van der Waals surface area contributed by atoms with Crippen molar-refractivity contribution in [2.45, 2.75) is 6.54 Å². The van der Waals surface area contributed by atoms with Crippen LogP contribution in [0.5, 0.6) is 11.5 Å². The van der Waals surface area contributed by atoms with Gasteiger partial charge < -0.3 is 9.30 Å². The first-order valence-corrected chi connectivity index (χ1v) is 6.78. The van der Waals surface area contributed by atoms with E-state index in [1.807, 2.05) is 0 Å². The predicted octanol–water partition coefficient (Wildman–Crippen LogP) is 3.77. The lowest BCUT2D eigenvalue weighted by atomic mass is 10.1. The van der Waals surface area contributed by atoms with Gasteiger partial charge in [0.2, 0.25) is 0 Å². The van der Waals surface area contributed by atoms with Gasteiger partial charge in [0.25, 0.3) is 5.69 Å². The van der Waals surface area contributed by atoms with Crippen LogP contribution in [0.1, 0.15) is 5.56 Å². The van der Waals surface area contributed by atoms with Crippen LogP contribution in [0.3, 0.4) is 0 Å². The van der Waals surface area contributed by atoms with Gasteiger partial charge in [-0.3, -0.25) is 10.1 Å². The van der Waals surface area contributed by atoms with Gasteiger partial charge in [-0.05, 0) is 30.3 Å². The molecule has 0 N–H and O–H groups in total. The lowest BCUT2D eigenvalue weighted by molar-refractivity contribution is -0.384. The molecular formula is C16H12FN3O3. The second-order valence-corrected chi connectivity index (χ2v) is 4.84. The summed E-state index contributed by atoms with van der Waals surface area (Å²) in [6, 6.07) is 9.94. The zero-order chi connectivity index (χ0) is 16.2. The number of imidazole rings is 1. The molecule has 0 aliphatic rings. The molecule has 3 aromatic rings. The van der Waals surface area contributed by atoms with E-state index in [1.54, 1.807) is 23.3 Å². The monoisotopic (exact) mass is 313 g/mol. The molecule has 2 aromatic carbocycles. The number of ether oxygens (including phenoxy) is 1. The molecule has 1 aromatic heterocycles. The highest BCUT2D eigenvalue weighted by Gasteiger charge is 2.13. The van der Waals surface area contributed by atoms with Gasteiger partial charge in [0.05, 0.1) is 17.8 Å². The Morgan fingerprint density at radius 2 is 2.00 bits per heavy atom. The van der Waals surface area contributed by atoms with Crippen molar-refractivity contribution in [2.75, 3.05) is 0 Å². The number of hydrogen-bond donors (Lipinski definition) is 0. The van der Waals surface area contributed by atoms with Gasteiger partial charge in [0, 0.05) is 30.1 Å². The lowest BCUT2D eigenvalue weighted by Crippen LogP contribution is -2.01. The van der Waals surface area contributed by atoms with Crippen LogP contribution in [0.2, 0.25) is 0 Å². The maximum Gasteiger partial charge on any atom is 0.270 e. The Hall–Kier alpha value is -3.22. The zero-order valence-electron chi connectivity index (χ0n) is 11.9. The van der Waals surface area contributed by atoms with Crippen LogP contribution >= 0.6 is 0 Å². The van der Waals surface area contributed by atoms with E-state index in [-0.39, 0.29) is 11.5 Å². The van der Waals surface area contributed by atoms with Crippen molar-refractivity contribution in [3.05, 3.63) is 82.7 Å². The van der Waals surface area contributed by atoms with Crippen molar-refractivity contribution in [1.82, 2.24) is 9.55 Å². The van der Waals surface area contributed by atoms with Gasteiger partial charge in [-0.25, -0.2) is 9.37 Å². The van der Waals surface area contributed by atoms with E-state index in [1.165, 1.54) is 42.5 Å². The van der Waals surface area contributed by atoms with E-state index in [4.69, 9.17) is 4.74 Å². The summed E-state index contributed by atoms with van der Waals surface area (Å²) < 4.78 is 20.5. The SMILES string of the molecule is O=[N+]([O-])c1ccc(Oc2ccc(F)cc2)c(Cn2ccnc2)c1. The molecule has 0 aliphatic heterocycles. The molecule has 0 unspecified atom stereocenters. The summed E-state index contributed by atoms with van der Waals surface area (Å²) in [6.07, 6.45) is 4.98. The van der Waals surface area contributed by atoms with Gasteiger partial charge in [-0.1, -0.05) is 0 Å². The number of rotatable bonds is 5. The molecule has 0 bridgehead atoms. The first-order chi connectivity index (χ1) is 11.1. The Morgan fingerprint density at radius 3 is 2.65 bits per heavy atom. The summed E-state index contributed by atoms with van der Waals surface area (Å²) in [5, 5.41) is 11.0.